The van der Waals surface area contributed by atoms with E-state index in [0.29, 0.717) is 0 Å². The minimum absolute atomic E-state index is 0.245. The van der Waals surface area contributed by atoms with E-state index in [1.807, 2.05) is 0 Å². The fraction of sp³-hybridized carbons (Fsp3) is 1.00. The Hall–Kier alpha value is 0.270. The summed E-state index contributed by atoms with van der Waals surface area (Å²) in [6.45, 7) is 4.38. The lowest BCUT2D eigenvalue weighted by atomic mass is 9.79. The van der Waals surface area contributed by atoms with Crippen molar-refractivity contribution in [2.45, 2.75) is 76.4 Å². The lowest BCUT2D eigenvalue weighted by Gasteiger charge is -2.41. The Kier molecular flexibility index (Phi) is 5.92. The molecule has 1 saturated carbocycles. The highest BCUT2D eigenvalue weighted by atomic mass is 32.2. The van der Waals surface area contributed by atoms with Gasteiger partial charge in [-0.1, -0.05) is 32.6 Å². The Balaban J connectivity index is 1.54. The maximum absolute atomic E-state index is 6.21. The molecule has 0 bridgehead atoms. The summed E-state index contributed by atoms with van der Waals surface area (Å²) in [5.41, 5.74) is 0.245. The highest BCUT2D eigenvalue weighted by Gasteiger charge is 2.42. The molecule has 1 aliphatic carbocycles. The van der Waals surface area contributed by atoms with Crippen LogP contribution in [0.25, 0.3) is 0 Å². The molecule has 3 unspecified atom stereocenters. The Morgan fingerprint density at radius 2 is 2.14 bits per heavy atom. The van der Waals surface area contributed by atoms with Crippen molar-refractivity contribution in [1.29, 1.82) is 0 Å². The maximum Gasteiger partial charge on any atom is 0.0783 e. The number of thioether (sulfide) groups is 1. The molecule has 0 aromatic carbocycles. The third-order valence-electron chi connectivity index (χ3n) is 5.99. The minimum atomic E-state index is 0.245. The molecule has 2 heterocycles. The van der Waals surface area contributed by atoms with Gasteiger partial charge in [-0.25, -0.2) is 0 Å². The first-order valence-electron chi connectivity index (χ1n) is 9.26. The van der Waals surface area contributed by atoms with Crippen LogP contribution in [0.4, 0.5) is 0 Å². The number of nitrogens with one attached hydrogen (secondary N) is 1. The molecule has 3 rings (SSSR count). The quantitative estimate of drug-likeness (QED) is 0.793. The van der Waals surface area contributed by atoms with E-state index in [-0.39, 0.29) is 5.60 Å². The zero-order valence-corrected chi connectivity index (χ0v) is 14.6. The lowest BCUT2D eigenvalue weighted by Crippen LogP contribution is -2.47. The van der Waals surface area contributed by atoms with Crippen molar-refractivity contribution in [2.75, 3.05) is 24.7 Å². The Morgan fingerprint density at radius 1 is 1.29 bits per heavy atom. The fourth-order valence-corrected chi connectivity index (χ4v) is 6.13. The van der Waals surface area contributed by atoms with Crippen molar-refractivity contribution in [2.24, 2.45) is 11.8 Å². The predicted octanol–water partition coefficient (Wildman–Crippen LogP) is 4.24. The molecule has 3 heteroatoms. The molecule has 0 aromatic rings. The molecular formula is C18H33NOS. The molecule has 0 aromatic heterocycles. The van der Waals surface area contributed by atoms with Crippen LogP contribution in [0.3, 0.4) is 0 Å². The van der Waals surface area contributed by atoms with Crippen LogP contribution in [-0.4, -0.2) is 36.3 Å². The van der Waals surface area contributed by atoms with E-state index < -0.39 is 0 Å². The minimum Gasteiger partial charge on any atom is -0.374 e. The van der Waals surface area contributed by atoms with Crippen molar-refractivity contribution in [1.82, 2.24) is 5.32 Å². The van der Waals surface area contributed by atoms with Crippen LogP contribution in [0, 0.1) is 11.8 Å². The van der Waals surface area contributed by atoms with Crippen LogP contribution in [-0.2, 0) is 4.74 Å². The summed E-state index contributed by atoms with van der Waals surface area (Å²) in [6.07, 6.45) is 12.7. The van der Waals surface area contributed by atoms with Crippen LogP contribution in [0.1, 0.15) is 64.7 Å². The Bertz CT molecular complexity index is 310. The Labute approximate surface area is 135 Å². The Morgan fingerprint density at radius 3 is 2.86 bits per heavy atom. The third-order valence-corrected chi connectivity index (χ3v) is 7.22. The van der Waals surface area contributed by atoms with Gasteiger partial charge in [-0.05, 0) is 56.2 Å². The summed E-state index contributed by atoms with van der Waals surface area (Å²) in [7, 11) is 0. The van der Waals surface area contributed by atoms with Crippen LogP contribution >= 0.6 is 11.8 Å². The molecule has 21 heavy (non-hydrogen) atoms. The molecule has 122 valence electrons. The van der Waals surface area contributed by atoms with Crippen LogP contribution in [0.5, 0.6) is 0 Å². The van der Waals surface area contributed by atoms with Gasteiger partial charge in [0.2, 0.25) is 0 Å². The van der Waals surface area contributed by atoms with Gasteiger partial charge in [-0.2, -0.15) is 11.8 Å². The normalized spacial score (nSPS) is 35.6. The zero-order chi connectivity index (χ0) is 14.5. The van der Waals surface area contributed by atoms with Gasteiger partial charge in [0.15, 0.2) is 0 Å². The number of hydrogen-bond acceptors (Lipinski definition) is 3. The van der Waals surface area contributed by atoms with Crippen molar-refractivity contribution < 1.29 is 4.74 Å². The molecular weight excluding hydrogens is 278 g/mol. The number of rotatable bonds is 6. The molecule has 3 atom stereocenters. The summed E-state index contributed by atoms with van der Waals surface area (Å²) in [5, 5.41) is 3.82. The second kappa shape index (κ2) is 7.70. The summed E-state index contributed by atoms with van der Waals surface area (Å²) in [6, 6.07) is 0.738. The average molecular weight is 312 g/mol. The van der Waals surface area contributed by atoms with Gasteiger partial charge in [0.25, 0.3) is 0 Å². The summed E-state index contributed by atoms with van der Waals surface area (Å²) < 4.78 is 6.21. The first-order chi connectivity index (χ1) is 10.3. The highest BCUT2D eigenvalue weighted by Crippen LogP contribution is 2.42. The topological polar surface area (TPSA) is 21.3 Å². The lowest BCUT2D eigenvalue weighted by molar-refractivity contribution is -0.0856. The second-order valence-electron chi connectivity index (χ2n) is 7.48. The van der Waals surface area contributed by atoms with Gasteiger partial charge in [0, 0.05) is 18.4 Å². The molecule has 2 nitrogen and oxygen atoms in total. The fourth-order valence-electron chi connectivity index (χ4n) is 4.75. The van der Waals surface area contributed by atoms with Crippen molar-refractivity contribution in [3.8, 4) is 0 Å². The van der Waals surface area contributed by atoms with Gasteiger partial charge in [-0.3, -0.25) is 0 Å². The molecule has 0 radical (unpaired) electrons. The highest BCUT2D eigenvalue weighted by molar-refractivity contribution is 7.99. The van der Waals surface area contributed by atoms with E-state index in [2.05, 4.69) is 24.0 Å². The first-order valence-corrected chi connectivity index (χ1v) is 10.4. The smallest absolute Gasteiger partial charge is 0.0783 e. The first kappa shape index (κ1) is 16.1. The average Bonchev–Trinajstić information content (AvgIpc) is 3.16. The van der Waals surface area contributed by atoms with E-state index in [1.165, 1.54) is 69.3 Å². The summed E-state index contributed by atoms with van der Waals surface area (Å²) in [5.74, 6) is 4.42. The summed E-state index contributed by atoms with van der Waals surface area (Å²) in [4.78, 5) is 0. The van der Waals surface area contributed by atoms with E-state index >= 15 is 0 Å². The number of hydrogen-bond donors (Lipinski definition) is 1. The molecule has 3 aliphatic rings. The maximum atomic E-state index is 6.21. The van der Waals surface area contributed by atoms with Gasteiger partial charge in [0.05, 0.1) is 5.60 Å². The zero-order valence-electron chi connectivity index (χ0n) is 13.7. The van der Waals surface area contributed by atoms with Crippen molar-refractivity contribution in [3.05, 3.63) is 0 Å². The van der Waals surface area contributed by atoms with Crippen LogP contribution < -0.4 is 5.32 Å². The monoisotopic (exact) mass is 311 g/mol. The summed E-state index contributed by atoms with van der Waals surface area (Å²) >= 11 is 2.09. The van der Waals surface area contributed by atoms with Crippen molar-refractivity contribution in [3.63, 3.8) is 0 Å². The van der Waals surface area contributed by atoms with Crippen LogP contribution in [0.15, 0.2) is 0 Å². The van der Waals surface area contributed by atoms with E-state index in [0.717, 1.165) is 31.0 Å². The van der Waals surface area contributed by atoms with E-state index in [9.17, 15) is 0 Å². The van der Waals surface area contributed by atoms with E-state index in [4.69, 9.17) is 4.74 Å². The molecule has 3 fully saturated rings. The third kappa shape index (κ3) is 4.17. The second-order valence-corrected chi connectivity index (χ2v) is 8.58. The molecule has 2 saturated heterocycles. The van der Waals surface area contributed by atoms with Gasteiger partial charge in [0.1, 0.15) is 0 Å². The molecule has 1 N–H and O–H groups in total. The molecule has 0 amide bonds. The number of ether oxygens (including phenoxy) is 1. The van der Waals surface area contributed by atoms with Gasteiger partial charge in [-0.15, -0.1) is 0 Å². The SMILES string of the molecule is CCNC(CCC1CCCC1)C1CCOC2(CCSC2)C1. The largest absolute Gasteiger partial charge is 0.374 e. The molecule has 2 aliphatic heterocycles. The van der Waals surface area contributed by atoms with Crippen LogP contribution in [0.2, 0.25) is 0 Å². The van der Waals surface area contributed by atoms with Gasteiger partial charge < -0.3 is 10.1 Å². The van der Waals surface area contributed by atoms with E-state index in [1.54, 1.807) is 0 Å². The predicted molar refractivity (Wildman–Crippen MR) is 92.0 cm³/mol. The standard InChI is InChI=1S/C18H33NOS/c1-2-19-17(8-7-15-5-3-4-6-15)16-9-11-20-18(13-16)10-12-21-14-18/h15-17,19H,2-14H2,1H3. The molecule has 1 spiro atoms. The van der Waals surface area contributed by atoms with Gasteiger partial charge >= 0.3 is 0 Å². The van der Waals surface area contributed by atoms with Crippen molar-refractivity contribution >= 4 is 11.8 Å².